The van der Waals surface area contributed by atoms with Crippen LogP contribution in [0.25, 0.3) is 0 Å². The Kier molecular flexibility index (Phi) is 56.8. The summed E-state index contributed by atoms with van der Waals surface area (Å²) in [5, 5.41) is 0. The van der Waals surface area contributed by atoms with Crippen molar-refractivity contribution in [2.45, 2.75) is 0 Å². The molecule has 0 radical (unpaired) electrons. The van der Waals surface area contributed by atoms with E-state index in [1.165, 1.54) is 0 Å². The fourth-order valence-corrected chi connectivity index (χ4v) is 0. The van der Waals surface area contributed by atoms with Crippen molar-refractivity contribution in [2.24, 2.45) is 0 Å². The van der Waals surface area contributed by atoms with Gasteiger partial charge in [-0.25, -0.2) is 0 Å². The van der Waals surface area contributed by atoms with Gasteiger partial charge in [0.05, 0.1) is 0 Å². The zero-order valence-electron chi connectivity index (χ0n) is 4.52. The number of hydrogen-bond acceptors (Lipinski definition) is 2. The predicted molar refractivity (Wildman–Crippen MR) is 13.0 cm³/mol. The van der Waals surface area contributed by atoms with Crippen LogP contribution in [-0.4, -0.2) is 43.2 Å². The predicted octanol–water partition coefficient (Wildman–Crippen LogP) is -1.22. The van der Waals surface area contributed by atoms with E-state index in [9.17, 15) is 0 Å². The molecule has 0 unspecified atom stereocenters. The molecule has 0 aromatic rings. The van der Waals surface area contributed by atoms with Gasteiger partial charge in [-0.3, -0.25) is 0 Å². The van der Waals surface area contributed by atoms with E-state index in [4.69, 9.17) is 6.65 Å². The summed E-state index contributed by atoms with van der Waals surface area (Å²) < 4.78 is 17.0. The van der Waals surface area contributed by atoms with Crippen molar-refractivity contribution in [1.29, 1.82) is 0 Å². The van der Waals surface area contributed by atoms with Gasteiger partial charge in [0.15, 0.2) is 0 Å². The molecule has 0 saturated carbocycles. The van der Waals surface area contributed by atoms with Crippen molar-refractivity contribution in [2.75, 3.05) is 0 Å². The average molecular weight is 140 g/mol. The third-order valence-electron chi connectivity index (χ3n) is 0. The van der Waals surface area contributed by atoms with Gasteiger partial charge in [-0.2, -0.15) is 0 Å². The molecule has 0 fully saturated rings. The molecular formula is H4CaO3Ti. The van der Waals surface area contributed by atoms with Gasteiger partial charge in [0, 0.05) is 0 Å². The van der Waals surface area contributed by atoms with Crippen molar-refractivity contribution >= 4 is 37.7 Å². The minimum absolute atomic E-state index is 0. The van der Waals surface area contributed by atoms with Gasteiger partial charge < -0.3 is 8.33 Å². The van der Waals surface area contributed by atoms with E-state index < -0.39 is 19.1 Å². The van der Waals surface area contributed by atoms with Gasteiger partial charge in [0.2, 0.25) is 0 Å². The van der Waals surface area contributed by atoms with Crippen molar-refractivity contribution < 1.29 is 34.1 Å². The van der Waals surface area contributed by atoms with Gasteiger partial charge in [0.1, 0.15) is 0 Å². The maximum absolute atomic E-state index is 8.50. The fraction of sp³-hybridized carbons (Fsp3) is 0. The Bertz CT molecular complexity index is 33.9. The molecule has 0 bridgehead atoms. The number of rotatable bonds is 0. The summed E-state index contributed by atoms with van der Waals surface area (Å²) in [6.07, 6.45) is 0. The van der Waals surface area contributed by atoms with E-state index in [0.29, 0.717) is 0 Å². The van der Waals surface area contributed by atoms with Crippen LogP contribution in [0.4, 0.5) is 0 Å². The Balaban J connectivity index is -0.00000000333. The topological polar surface area (TPSA) is 65.6 Å². The third-order valence-corrected chi connectivity index (χ3v) is 0. The first-order chi connectivity index (χ1) is 1.41. The van der Waals surface area contributed by atoms with Crippen LogP contribution in [0.1, 0.15) is 2.85 Å². The quantitative estimate of drug-likeness (QED) is 0.395. The van der Waals surface area contributed by atoms with Crippen molar-refractivity contribution in [3.63, 3.8) is 0 Å². The monoisotopic (exact) mass is 140 g/mol. The van der Waals surface area contributed by atoms with E-state index in [2.05, 4.69) is 0 Å². The molecule has 0 atom stereocenters. The van der Waals surface area contributed by atoms with E-state index in [1.807, 2.05) is 0 Å². The van der Waals surface area contributed by atoms with Crippen LogP contribution in [-0.2, 0) is 25.7 Å². The molecule has 0 saturated heterocycles. The van der Waals surface area contributed by atoms with Crippen LogP contribution in [0.2, 0.25) is 0 Å². The van der Waals surface area contributed by atoms with Crippen molar-refractivity contribution in [1.82, 2.24) is 0 Å². The van der Waals surface area contributed by atoms with Gasteiger partial charge in [-0.05, 0) is 0 Å². The molecule has 0 rings (SSSR count). The van der Waals surface area contributed by atoms with Crippen molar-refractivity contribution in [3.8, 4) is 0 Å². The minimum atomic E-state index is -2.00. The van der Waals surface area contributed by atoms with Gasteiger partial charge >= 0.3 is 63.5 Å². The molecule has 2 N–H and O–H groups in total. The summed E-state index contributed by atoms with van der Waals surface area (Å²) in [7, 11) is 0. The Morgan fingerprint density at radius 3 is 1.40 bits per heavy atom. The normalized spacial score (nSPS) is 1.60. The first-order valence-electron chi connectivity index (χ1n) is 0.408. The molecule has 28 valence electrons. The molecule has 0 aliphatic carbocycles. The summed E-state index contributed by atoms with van der Waals surface area (Å²) in [6.45, 7) is 0. The molecule has 5 heavy (non-hydrogen) atoms. The summed E-state index contributed by atoms with van der Waals surface area (Å²) in [5.41, 5.74) is 0. The molecule has 0 aromatic carbocycles. The Morgan fingerprint density at radius 1 is 1.40 bits per heavy atom. The molecular weight excluding hydrogens is 136 g/mol. The van der Waals surface area contributed by atoms with E-state index in [0.717, 1.165) is 0 Å². The molecule has 0 amide bonds. The van der Waals surface area contributed by atoms with E-state index in [1.54, 1.807) is 0 Å². The third kappa shape index (κ3) is 29.4. The Hall–Kier alpha value is 1.53. The molecule has 0 aliphatic rings. The van der Waals surface area contributed by atoms with Gasteiger partial charge in [0.25, 0.3) is 0 Å². The van der Waals surface area contributed by atoms with E-state index in [-0.39, 0.29) is 46.1 Å². The maximum atomic E-state index is 8.50. The second-order valence-corrected chi connectivity index (χ2v) is 0.344. The standard InChI is InChI=1S/Ca.H2O.2O.Ti.2H/h;1H2;;;;;/q+2;;;;;2*-1. The first kappa shape index (κ1) is 16.0. The summed E-state index contributed by atoms with van der Waals surface area (Å²) in [6, 6.07) is 0. The summed E-state index contributed by atoms with van der Waals surface area (Å²) in [5.74, 6) is 0. The Labute approximate surface area is 71.0 Å². The molecule has 5 heteroatoms. The second-order valence-electron chi connectivity index (χ2n) is 0.0833. The summed E-state index contributed by atoms with van der Waals surface area (Å²) >= 11 is -2.00. The SMILES string of the molecule is O.[Ca+2].[H-].[H-].[O]=[Ti]=[O]. The van der Waals surface area contributed by atoms with Crippen molar-refractivity contribution in [3.05, 3.63) is 0 Å². The molecule has 0 aromatic heterocycles. The molecule has 0 spiro atoms. The average Bonchev–Trinajstić information content (AvgIpc) is 0.918. The summed E-state index contributed by atoms with van der Waals surface area (Å²) in [4.78, 5) is 0. The number of hydrogen-bond donors (Lipinski definition) is 0. The first-order valence-corrected chi connectivity index (χ1v) is 1.68. The Morgan fingerprint density at radius 2 is 1.40 bits per heavy atom. The zero-order valence-corrected chi connectivity index (χ0v) is 6.29. The molecule has 0 heterocycles. The van der Waals surface area contributed by atoms with Crippen LogP contribution in [0.15, 0.2) is 0 Å². The molecule has 3 nitrogen and oxygen atoms in total. The van der Waals surface area contributed by atoms with Gasteiger partial charge in [-0.15, -0.1) is 0 Å². The van der Waals surface area contributed by atoms with Crippen LogP contribution in [0.3, 0.4) is 0 Å². The van der Waals surface area contributed by atoms with Crippen LogP contribution in [0.5, 0.6) is 0 Å². The van der Waals surface area contributed by atoms with Crippen LogP contribution in [0, 0.1) is 0 Å². The van der Waals surface area contributed by atoms with Crippen LogP contribution < -0.4 is 0 Å². The molecule has 0 aliphatic heterocycles. The second kappa shape index (κ2) is 17.7. The fourth-order valence-electron chi connectivity index (χ4n) is 0. The van der Waals surface area contributed by atoms with Crippen LogP contribution >= 0.6 is 0 Å². The van der Waals surface area contributed by atoms with Gasteiger partial charge in [-0.1, -0.05) is 0 Å². The van der Waals surface area contributed by atoms with E-state index >= 15 is 0 Å². The zero-order chi connectivity index (χ0) is 2.71.